The van der Waals surface area contributed by atoms with Crippen LogP contribution in [-0.4, -0.2) is 40.9 Å². The summed E-state index contributed by atoms with van der Waals surface area (Å²) in [5.74, 6) is -2.04. The van der Waals surface area contributed by atoms with Crippen molar-refractivity contribution in [3.8, 4) is 0 Å². The summed E-state index contributed by atoms with van der Waals surface area (Å²) < 4.78 is 0. The first-order chi connectivity index (χ1) is 9.49. The Balaban J connectivity index is 1.96. The van der Waals surface area contributed by atoms with Crippen LogP contribution in [0.3, 0.4) is 0 Å². The Hall–Kier alpha value is -1.59. The molecular weight excluding hydrogens is 260 g/mol. The molecule has 3 N–H and O–H groups in total. The number of carbonyl (C=O) groups is 3. The number of carboxylic acid groups (broad SMARTS) is 1. The first kappa shape index (κ1) is 14.8. The smallest absolute Gasteiger partial charge is 0.306 e. The maximum Gasteiger partial charge on any atom is 0.306 e. The number of hydrogen-bond acceptors (Lipinski definition) is 3. The van der Waals surface area contributed by atoms with Crippen molar-refractivity contribution < 1.29 is 19.5 Å². The van der Waals surface area contributed by atoms with Crippen molar-refractivity contribution in [2.24, 2.45) is 23.5 Å². The number of nitrogens with two attached hydrogens (primary N) is 1. The molecule has 3 unspecified atom stereocenters. The van der Waals surface area contributed by atoms with Crippen LogP contribution >= 0.6 is 0 Å². The van der Waals surface area contributed by atoms with Gasteiger partial charge in [0.15, 0.2) is 0 Å². The van der Waals surface area contributed by atoms with E-state index in [9.17, 15) is 14.4 Å². The number of likely N-dealkylation sites (tertiary alicyclic amines) is 1. The summed E-state index contributed by atoms with van der Waals surface area (Å²) in [7, 11) is 0. The molecule has 1 saturated carbocycles. The molecule has 0 radical (unpaired) electrons. The lowest BCUT2D eigenvalue weighted by atomic mass is 9.80. The fourth-order valence-corrected chi connectivity index (χ4v) is 3.31. The molecule has 1 aliphatic heterocycles. The second-order valence-electron chi connectivity index (χ2n) is 5.92. The van der Waals surface area contributed by atoms with Gasteiger partial charge in [0.25, 0.3) is 0 Å². The molecule has 2 fully saturated rings. The van der Waals surface area contributed by atoms with Gasteiger partial charge in [-0.15, -0.1) is 0 Å². The van der Waals surface area contributed by atoms with Crippen molar-refractivity contribution in [2.45, 2.75) is 38.5 Å². The molecule has 0 aromatic carbocycles. The Morgan fingerprint density at radius 3 is 2.30 bits per heavy atom. The molecule has 112 valence electrons. The van der Waals surface area contributed by atoms with Crippen molar-refractivity contribution in [3.05, 3.63) is 0 Å². The van der Waals surface area contributed by atoms with E-state index >= 15 is 0 Å². The molecule has 3 atom stereocenters. The Morgan fingerprint density at radius 1 is 1.00 bits per heavy atom. The van der Waals surface area contributed by atoms with Gasteiger partial charge in [-0.1, -0.05) is 6.42 Å². The van der Waals surface area contributed by atoms with E-state index < -0.39 is 11.9 Å². The summed E-state index contributed by atoms with van der Waals surface area (Å²) in [5, 5.41) is 9.08. The molecule has 1 aliphatic carbocycles. The van der Waals surface area contributed by atoms with Gasteiger partial charge in [0.2, 0.25) is 11.8 Å². The van der Waals surface area contributed by atoms with Crippen LogP contribution < -0.4 is 5.73 Å². The van der Waals surface area contributed by atoms with Crippen LogP contribution in [0.15, 0.2) is 0 Å². The van der Waals surface area contributed by atoms with Gasteiger partial charge in [-0.3, -0.25) is 14.4 Å². The third-order valence-electron chi connectivity index (χ3n) is 4.51. The molecule has 20 heavy (non-hydrogen) atoms. The lowest BCUT2D eigenvalue weighted by Crippen LogP contribution is -2.47. The molecule has 0 spiro atoms. The highest BCUT2D eigenvalue weighted by Crippen LogP contribution is 2.31. The van der Waals surface area contributed by atoms with Crippen LogP contribution in [0.2, 0.25) is 0 Å². The molecule has 6 nitrogen and oxygen atoms in total. The van der Waals surface area contributed by atoms with Gasteiger partial charge in [-0.05, 0) is 32.1 Å². The van der Waals surface area contributed by atoms with E-state index in [2.05, 4.69) is 0 Å². The van der Waals surface area contributed by atoms with E-state index in [1.165, 1.54) is 0 Å². The van der Waals surface area contributed by atoms with Gasteiger partial charge in [-0.25, -0.2) is 0 Å². The monoisotopic (exact) mass is 282 g/mol. The van der Waals surface area contributed by atoms with E-state index in [4.69, 9.17) is 10.8 Å². The second kappa shape index (κ2) is 6.24. The molecule has 0 bridgehead atoms. The Labute approximate surface area is 118 Å². The van der Waals surface area contributed by atoms with Gasteiger partial charge in [-0.2, -0.15) is 0 Å². The van der Waals surface area contributed by atoms with Crippen molar-refractivity contribution in [2.75, 3.05) is 13.1 Å². The molecule has 2 rings (SSSR count). The average molecular weight is 282 g/mol. The fourth-order valence-electron chi connectivity index (χ4n) is 3.31. The number of amides is 2. The maximum atomic E-state index is 12.5. The van der Waals surface area contributed by atoms with Crippen LogP contribution in [0.1, 0.15) is 38.5 Å². The van der Waals surface area contributed by atoms with E-state index in [1.807, 2.05) is 0 Å². The second-order valence-corrected chi connectivity index (χ2v) is 5.92. The van der Waals surface area contributed by atoms with Crippen LogP contribution in [0.4, 0.5) is 0 Å². The zero-order valence-corrected chi connectivity index (χ0v) is 11.6. The van der Waals surface area contributed by atoms with Gasteiger partial charge < -0.3 is 15.7 Å². The molecular formula is C14H22N2O4. The van der Waals surface area contributed by atoms with Crippen LogP contribution in [-0.2, 0) is 14.4 Å². The fraction of sp³-hybridized carbons (Fsp3) is 0.786. The highest BCUT2D eigenvalue weighted by molar-refractivity contribution is 5.82. The topological polar surface area (TPSA) is 101 Å². The Morgan fingerprint density at radius 2 is 1.65 bits per heavy atom. The number of carboxylic acids is 1. The van der Waals surface area contributed by atoms with Crippen molar-refractivity contribution in [3.63, 3.8) is 0 Å². The normalized spacial score (nSPS) is 30.8. The first-order valence-corrected chi connectivity index (χ1v) is 7.30. The summed E-state index contributed by atoms with van der Waals surface area (Å²) in [6.07, 6.45) is 4.13. The number of carbonyl (C=O) groups excluding carboxylic acids is 2. The SMILES string of the molecule is NC(=O)C1CCCN(C(=O)C2CCCC(C(=O)O)C2)C1. The number of nitrogens with zero attached hydrogens (tertiary/aromatic N) is 1. The minimum Gasteiger partial charge on any atom is -0.481 e. The Kier molecular flexibility index (Phi) is 4.62. The van der Waals surface area contributed by atoms with Crippen molar-refractivity contribution >= 4 is 17.8 Å². The maximum absolute atomic E-state index is 12.5. The lowest BCUT2D eigenvalue weighted by Gasteiger charge is -2.35. The third-order valence-corrected chi connectivity index (χ3v) is 4.51. The predicted octanol–water partition coefficient (Wildman–Crippen LogP) is 0.601. The summed E-state index contributed by atoms with van der Waals surface area (Å²) in [5.41, 5.74) is 5.32. The number of piperidine rings is 1. The summed E-state index contributed by atoms with van der Waals surface area (Å²) in [6, 6.07) is 0. The number of hydrogen-bond donors (Lipinski definition) is 2. The summed E-state index contributed by atoms with van der Waals surface area (Å²) in [6.45, 7) is 1.04. The van der Waals surface area contributed by atoms with Gasteiger partial charge >= 0.3 is 5.97 Å². The van der Waals surface area contributed by atoms with Crippen molar-refractivity contribution in [1.82, 2.24) is 4.90 Å². The minimum absolute atomic E-state index is 0.00176. The minimum atomic E-state index is -0.809. The van der Waals surface area contributed by atoms with E-state index in [0.717, 1.165) is 25.7 Å². The molecule has 1 heterocycles. The highest BCUT2D eigenvalue weighted by Gasteiger charge is 2.35. The van der Waals surface area contributed by atoms with Crippen LogP contribution in [0.25, 0.3) is 0 Å². The zero-order valence-electron chi connectivity index (χ0n) is 11.6. The van der Waals surface area contributed by atoms with E-state index in [1.54, 1.807) is 4.90 Å². The van der Waals surface area contributed by atoms with Crippen LogP contribution in [0.5, 0.6) is 0 Å². The third kappa shape index (κ3) is 3.29. The van der Waals surface area contributed by atoms with E-state index in [-0.39, 0.29) is 23.7 Å². The highest BCUT2D eigenvalue weighted by atomic mass is 16.4. The lowest BCUT2D eigenvalue weighted by molar-refractivity contribution is -0.146. The average Bonchev–Trinajstić information content (AvgIpc) is 2.46. The number of rotatable bonds is 3. The van der Waals surface area contributed by atoms with Crippen LogP contribution in [0, 0.1) is 17.8 Å². The van der Waals surface area contributed by atoms with Crippen molar-refractivity contribution in [1.29, 1.82) is 0 Å². The molecule has 2 aliphatic rings. The zero-order chi connectivity index (χ0) is 14.7. The Bertz CT molecular complexity index is 374. The standard InChI is InChI=1S/C14H22N2O4/c15-12(17)11-5-2-6-16(8-11)13(18)9-3-1-4-10(7-9)14(19)20/h9-11H,1-8H2,(H2,15,17)(H,19,20). The molecule has 6 heteroatoms. The summed E-state index contributed by atoms with van der Waals surface area (Å²) >= 11 is 0. The molecule has 1 saturated heterocycles. The molecule has 0 aromatic heterocycles. The van der Waals surface area contributed by atoms with Gasteiger partial charge in [0, 0.05) is 19.0 Å². The largest absolute Gasteiger partial charge is 0.481 e. The van der Waals surface area contributed by atoms with E-state index in [0.29, 0.717) is 25.9 Å². The summed E-state index contributed by atoms with van der Waals surface area (Å²) in [4.78, 5) is 36.5. The number of primary amides is 1. The quantitative estimate of drug-likeness (QED) is 0.791. The molecule has 2 amide bonds. The predicted molar refractivity (Wildman–Crippen MR) is 71.6 cm³/mol. The first-order valence-electron chi connectivity index (χ1n) is 7.30. The number of aliphatic carboxylic acids is 1. The molecule has 0 aromatic rings. The van der Waals surface area contributed by atoms with Gasteiger partial charge in [0.1, 0.15) is 0 Å². The van der Waals surface area contributed by atoms with Gasteiger partial charge in [0.05, 0.1) is 11.8 Å².